The fourth-order valence-electron chi connectivity index (χ4n) is 1.62. The van der Waals surface area contributed by atoms with E-state index < -0.39 is 0 Å². The van der Waals surface area contributed by atoms with Gasteiger partial charge in [0.1, 0.15) is 5.82 Å². The second-order valence-corrected chi connectivity index (χ2v) is 4.46. The number of rotatable bonds is 2. The van der Waals surface area contributed by atoms with Gasteiger partial charge in [0.25, 0.3) is 4.82 Å². The van der Waals surface area contributed by atoms with Crippen molar-refractivity contribution in [2.45, 2.75) is 13.5 Å². The lowest BCUT2D eigenvalue weighted by atomic mass is 10.2. The van der Waals surface area contributed by atoms with Crippen molar-refractivity contribution in [1.29, 1.82) is 0 Å². The van der Waals surface area contributed by atoms with E-state index >= 15 is 0 Å². The van der Waals surface area contributed by atoms with Gasteiger partial charge in [0.2, 0.25) is 0 Å². The van der Waals surface area contributed by atoms with Crippen molar-refractivity contribution in [2.24, 2.45) is 0 Å². The Morgan fingerprint density at radius 1 is 1.56 bits per heavy atom. The highest BCUT2D eigenvalue weighted by molar-refractivity contribution is 9.18. The molecular formula is C11H12BrN3O. The van der Waals surface area contributed by atoms with Crippen LogP contribution in [-0.4, -0.2) is 26.7 Å². The summed E-state index contributed by atoms with van der Waals surface area (Å²) >= 11 is 2.92. The van der Waals surface area contributed by atoms with Crippen LogP contribution in [0.3, 0.4) is 0 Å². The minimum Gasteiger partial charge on any atom is -0.342 e. The fraction of sp³-hybridized carbons (Fsp3) is 0.273. The average Bonchev–Trinajstić information content (AvgIpc) is 2.57. The molecule has 84 valence electrons. The standard InChI is InChI=1S/C11H12BrN3O/c1-7-13-9-4-3-8(5-10(9)14-7)6-15(2)11(12)16/h3-5H,6H2,1-2H3,(H,13,14). The molecule has 2 aromatic rings. The Morgan fingerprint density at radius 2 is 2.31 bits per heavy atom. The van der Waals surface area contributed by atoms with Crippen molar-refractivity contribution in [2.75, 3.05) is 7.05 Å². The maximum absolute atomic E-state index is 11.0. The van der Waals surface area contributed by atoms with Crippen LogP contribution in [0.15, 0.2) is 18.2 Å². The molecule has 0 atom stereocenters. The first-order chi connectivity index (χ1) is 7.56. The molecule has 1 amide bonds. The average molecular weight is 282 g/mol. The van der Waals surface area contributed by atoms with Gasteiger partial charge >= 0.3 is 0 Å². The topological polar surface area (TPSA) is 49.0 Å². The van der Waals surface area contributed by atoms with Crippen molar-refractivity contribution >= 4 is 31.8 Å². The van der Waals surface area contributed by atoms with Crippen LogP contribution in [0.1, 0.15) is 11.4 Å². The van der Waals surface area contributed by atoms with E-state index in [0.29, 0.717) is 6.54 Å². The first-order valence-corrected chi connectivity index (χ1v) is 5.71. The number of hydrogen-bond acceptors (Lipinski definition) is 2. The maximum atomic E-state index is 11.0. The van der Waals surface area contributed by atoms with Gasteiger partial charge in [-0.2, -0.15) is 0 Å². The zero-order valence-electron chi connectivity index (χ0n) is 9.12. The minimum atomic E-state index is -0.117. The van der Waals surface area contributed by atoms with E-state index in [1.807, 2.05) is 25.1 Å². The number of fused-ring (bicyclic) bond motifs is 1. The van der Waals surface area contributed by atoms with Crippen LogP contribution in [0, 0.1) is 6.92 Å². The summed E-state index contributed by atoms with van der Waals surface area (Å²) in [7, 11) is 1.75. The van der Waals surface area contributed by atoms with Crippen LogP contribution in [-0.2, 0) is 6.54 Å². The number of aromatic nitrogens is 2. The molecule has 0 aliphatic heterocycles. The molecule has 1 aromatic heterocycles. The predicted molar refractivity (Wildman–Crippen MR) is 66.6 cm³/mol. The third-order valence-corrected chi connectivity index (χ3v) is 2.99. The summed E-state index contributed by atoms with van der Waals surface area (Å²) in [6, 6.07) is 5.96. The van der Waals surface area contributed by atoms with Crippen molar-refractivity contribution in [3.8, 4) is 0 Å². The van der Waals surface area contributed by atoms with Gasteiger partial charge in [0.05, 0.1) is 11.0 Å². The normalized spacial score (nSPS) is 10.7. The molecule has 0 unspecified atom stereocenters. The Morgan fingerprint density at radius 3 is 3.00 bits per heavy atom. The summed E-state index contributed by atoms with van der Waals surface area (Å²) in [4.78, 5) is 20.0. The van der Waals surface area contributed by atoms with E-state index in [1.54, 1.807) is 11.9 Å². The number of benzene rings is 1. The summed E-state index contributed by atoms with van der Waals surface area (Å²) in [5, 5.41) is 0. The van der Waals surface area contributed by atoms with E-state index in [1.165, 1.54) is 0 Å². The van der Waals surface area contributed by atoms with E-state index in [0.717, 1.165) is 22.4 Å². The third kappa shape index (κ3) is 2.24. The molecule has 0 radical (unpaired) electrons. The van der Waals surface area contributed by atoms with Crippen LogP contribution in [0.4, 0.5) is 4.79 Å². The second-order valence-electron chi connectivity index (χ2n) is 3.78. The molecule has 5 heteroatoms. The molecule has 1 N–H and O–H groups in total. The van der Waals surface area contributed by atoms with Gasteiger partial charge in [-0.1, -0.05) is 6.07 Å². The monoisotopic (exact) mass is 281 g/mol. The molecule has 0 spiro atoms. The molecule has 0 fully saturated rings. The first kappa shape index (κ1) is 11.1. The van der Waals surface area contributed by atoms with Gasteiger partial charge in [0, 0.05) is 29.5 Å². The van der Waals surface area contributed by atoms with Crippen molar-refractivity contribution in [1.82, 2.24) is 14.9 Å². The highest BCUT2D eigenvalue weighted by atomic mass is 79.9. The number of amides is 1. The number of aromatic amines is 1. The van der Waals surface area contributed by atoms with Crippen LogP contribution < -0.4 is 0 Å². The second kappa shape index (κ2) is 4.25. The Bertz CT molecular complexity index is 535. The molecule has 0 saturated carbocycles. The Hall–Kier alpha value is -1.36. The molecule has 0 saturated heterocycles. The SMILES string of the molecule is Cc1nc2ccc(CN(C)C(=O)Br)cc2[nH]1. The van der Waals surface area contributed by atoms with Crippen LogP contribution in [0.2, 0.25) is 0 Å². The van der Waals surface area contributed by atoms with Gasteiger partial charge in [-0.3, -0.25) is 4.79 Å². The molecule has 2 rings (SSSR count). The third-order valence-electron chi connectivity index (χ3n) is 2.38. The largest absolute Gasteiger partial charge is 0.342 e. The molecular weight excluding hydrogens is 270 g/mol. The molecule has 1 heterocycles. The van der Waals surface area contributed by atoms with Crippen molar-refractivity contribution in [3.05, 3.63) is 29.6 Å². The number of H-pyrrole nitrogens is 1. The van der Waals surface area contributed by atoms with E-state index in [4.69, 9.17) is 0 Å². The van der Waals surface area contributed by atoms with Crippen LogP contribution in [0.25, 0.3) is 11.0 Å². The molecule has 0 aliphatic rings. The van der Waals surface area contributed by atoms with Crippen molar-refractivity contribution < 1.29 is 4.79 Å². The highest BCUT2D eigenvalue weighted by Crippen LogP contribution is 2.15. The van der Waals surface area contributed by atoms with Gasteiger partial charge in [-0.25, -0.2) is 4.98 Å². The number of hydrogen-bond donors (Lipinski definition) is 1. The number of carbonyl (C=O) groups excluding carboxylic acids is 1. The fourth-order valence-corrected chi connectivity index (χ4v) is 1.74. The van der Waals surface area contributed by atoms with E-state index in [2.05, 4.69) is 25.9 Å². The number of nitrogens with one attached hydrogen (secondary N) is 1. The first-order valence-electron chi connectivity index (χ1n) is 4.92. The van der Waals surface area contributed by atoms with Gasteiger partial charge in [-0.15, -0.1) is 0 Å². The number of imidazole rings is 1. The van der Waals surface area contributed by atoms with Gasteiger partial charge < -0.3 is 9.88 Å². The van der Waals surface area contributed by atoms with Crippen LogP contribution in [0.5, 0.6) is 0 Å². The predicted octanol–water partition coefficient (Wildman–Crippen LogP) is 2.82. The quantitative estimate of drug-likeness (QED) is 0.680. The molecule has 0 bridgehead atoms. The Labute approximate surface area is 102 Å². The lowest BCUT2D eigenvalue weighted by Crippen LogP contribution is -2.19. The number of aryl methyl sites for hydroxylation is 1. The zero-order chi connectivity index (χ0) is 11.7. The van der Waals surface area contributed by atoms with Crippen molar-refractivity contribution in [3.63, 3.8) is 0 Å². The number of carbonyl (C=O) groups is 1. The zero-order valence-corrected chi connectivity index (χ0v) is 10.7. The summed E-state index contributed by atoms with van der Waals surface area (Å²) in [6.45, 7) is 2.51. The number of nitrogens with zero attached hydrogens (tertiary/aromatic N) is 2. The summed E-state index contributed by atoms with van der Waals surface area (Å²) < 4.78 is 0. The van der Waals surface area contributed by atoms with E-state index in [-0.39, 0.29) is 4.82 Å². The number of halogens is 1. The summed E-state index contributed by atoms with van der Waals surface area (Å²) in [5.41, 5.74) is 3.03. The maximum Gasteiger partial charge on any atom is 0.289 e. The molecule has 4 nitrogen and oxygen atoms in total. The Balaban J connectivity index is 2.28. The smallest absolute Gasteiger partial charge is 0.289 e. The minimum absolute atomic E-state index is 0.117. The Kier molecular flexibility index (Phi) is 2.96. The summed E-state index contributed by atoms with van der Waals surface area (Å²) in [5.74, 6) is 0.900. The van der Waals surface area contributed by atoms with Crippen LogP contribution >= 0.6 is 15.9 Å². The summed E-state index contributed by atoms with van der Waals surface area (Å²) in [6.07, 6.45) is 0. The highest BCUT2D eigenvalue weighted by Gasteiger charge is 2.06. The molecule has 16 heavy (non-hydrogen) atoms. The lowest BCUT2D eigenvalue weighted by Gasteiger charge is -2.13. The molecule has 1 aromatic carbocycles. The lowest BCUT2D eigenvalue weighted by molar-refractivity contribution is 0.233. The molecule has 0 aliphatic carbocycles. The van der Waals surface area contributed by atoms with E-state index in [9.17, 15) is 4.79 Å². The van der Waals surface area contributed by atoms with Gasteiger partial charge in [0.15, 0.2) is 0 Å². The van der Waals surface area contributed by atoms with Gasteiger partial charge in [-0.05, 0) is 24.6 Å².